The van der Waals surface area contributed by atoms with Gasteiger partial charge in [-0.1, -0.05) is 25.1 Å². The summed E-state index contributed by atoms with van der Waals surface area (Å²) in [6.45, 7) is 6.58. The molecule has 1 aromatic carbocycles. The van der Waals surface area contributed by atoms with Crippen molar-refractivity contribution in [2.45, 2.75) is 27.0 Å². The molecular formula is C14H18N2OS. The average molecular weight is 262 g/mol. The standard InChI is InChI=1S/C14H18N2OS/c1-3-15-7-12-6-4-5-11(2)14(12)17-9-13-8-16-10-18-13/h4-6,8,10,15H,3,7,9H2,1-2H3. The fourth-order valence-corrected chi connectivity index (χ4v) is 2.28. The minimum atomic E-state index is 0.592. The minimum Gasteiger partial charge on any atom is -0.487 e. The Labute approximate surface area is 112 Å². The zero-order valence-corrected chi connectivity index (χ0v) is 11.6. The lowest BCUT2D eigenvalue weighted by atomic mass is 10.1. The summed E-state index contributed by atoms with van der Waals surface area (Å²) in [4.78, 5) is 5.20. The summed E-state index contributed by atoms with van der Waals surface area (Å²) in [6, 6.07) is 6.26. The molecule has 18 heavy (non-hydrogen) atoms. The predicted molar refractivity (Wildman–Crippen MR) is 75.0 cm³/mol. The van der Waals surface area contributed by atoms with Gasteiger partial charge in [0.1, 0.15) is 12.4 Å². The zero-order valence-electron chi connectivity index (χ0n) is 10.8. The molecule has 96 valence electrons. The summed E-state index contributed by atoms with van der Waals surface area (Å²) in [5, 5.41) is 3.34. The number of nitrogens with one attached hydrogen (secondary N) is 1. The highest BCUT2D eigenvalue weighted by Gasteiger charge is 2.07. The van der Waals surface area contributed by atoms with E-state index in [1.54, 1.807) is 11.3 Å². The molecule has 0 aliphatic rings. The molecule has 0 saturated heterocycles. The van der Waals surface area contributed by atoms with E-state index in [2.05, 4.69) is 42.3 Å². The van der Waals surface area contributed by atoms with Gasteiger partial charge in [-0.15, -0.1) is 11.3 Å². The number of benzene rings is 1. The maximum absolute atomic E-state index is 5.94. The van der Waals surface area contributed by atoms with Crippen LogP contribution in [0.3, 0.4) is 0 Å². The molecule has 0 fully saturated rings. The van der Waals surface area contributed by atoms with E-state index in [4.69, 9.17) is 4.74 Å². The van der Waals surface area contributed by atoms with Crippen LogP contribution < -0.4 is 10.1 Å². The van der Waals surface area contributed by atoms with Crippen LogP contribution in [-0.4, -0.2) is 11.5 Å². The predicted octanol–water partition coefficient (Wildman–Crippen LogP) is 3.14. The molecule has 3 nitrogen and oxygen atoms in total. The van der Waals surface area contributed by atoms with E-state index in [9.17, 15) is 0 Å². The highest BCUT2D eigenvalue weighted by Crippen LogP contribution is 2.24. The van der Waals surface area contributed by atoms with Gasteiger partial charge in [0.15, 0.2) is 0 Å². The minimum absolute atomic E-state index is 0.592. The Morgan fingerprint density at radius 2 is 2.28 bits per heavy atom. The van der Waals surface area contributed by atoms with Gasteiger partial charge in [-0.3, -0.25) is 4.98 Å². The molecule has 1 aromatic heterocycles. The van der Waals surface area contributed by atoms with Gasteiger partial charge in [-0.25, -0.2) is 0 Å². The van der Waals surface area contributed by atoms with E-state index >= 15 is 0 Å². The fraction of sp³-hybridized carbons (Fsp3) is 0.357. The van der Waals surface area contributed by atoms with Crippen molar-refractivity contribution in [3.05, 3.63) is 45.9 Å². The van der Waals surface area contributed by atoms with Gasteiger partial charge >= 0.3 is 0 Å². The number of aromatic nitrogens is 1. The number of ether oxygens (including phenoxy) is 1. The van der Waals surface area contributed by atoms with Crippen molar-refractivity contribution < 1.29 is 4.74 Å². The van der Waals surface area contributed by atoms with Crippen molar-refractivity contribution in [2.75, 3.05) is 6.54 Å². The topological polar surface area (TPSA) is 34.1 Å². The summed E-state index contributed by atoms with van der Waals surface area (Å²) in [5.74, 6) is 0.992. The van der Waals surface area contributed by atoms with E-state index in [1.165, 1.54) is 11.1 Å². The molecule has 0 saturated carbocycles. The molecule has 0 atom stereocenters. The van der Waals surface area contributed by atoms with E-state index in [-0.39, 0.29) is 0 Å². The quantitative estimate of drug-likeness (QED) is 0.868. The molecule has 2 aromatic rings. The van der Waals surface area contributed by atoms with Gasteiger partial charge in [0.2, 0.25) is 0 Å². The Balaban J connectivity index is 2.09. The summed E-state index contributed by atoms with van der Waals surface area (Å²) < 4.78 is 5.94. The Morgan fingerprint density at radius 3 is 3.00 bits per heavy atom. The number of thiazole rings is 1. The monoisotopic (exact) mass is 262 g/mol. The second-order valence-electron chi connectivity index (χ2n) is 4.10. The second kappa shape index (κ2) is 6.52. The third-order valence-electron chi connectivity index (χ3n) is 2.70. The number of hydrogen-bond donors (Lipinski definition) is 1. The molecule has 0 radical (unpaired) electrons. The Bertz CT molecular complexity index is 483. The van der Waals surface area contributed by atoms with Crippen LogP contribution >= 0.6 is 11.3 Å². The summed E-state index contributed by atoms with van der Waals surface area (Å²) in [7, 11) is 0. The maximum atomic E-state index is 5.94. The first-order chi connectivity index (χ1) is 8.81. The Hall–Kier alpha value is -1.39. The van der Waals surface area contributed by atoms with Gasteiger partial charge in [-0.2, -0.15) is 0 Å². The van der Waals surface area contributed by atoms with Crippen LogP contribution in [0.15, 0.2) is 29.9 Å². The second-order valence-corrected chi connectivity index (χ2v) is 5.07. The number of para-hydroxylation sites is 1. The molecule has 2 rings (SSSR count). The largest absolute Gasteiger partial charge is 0.487 e. The lowest BCUT2D eigenvalue weighted by Crippen LogP contribution is -2.13. The number of nitrogens with zero attached hydrogens (tertiary/aromatic N) is 1. The van der Waals surface area contributed by atoms with Crippen LogP contribution in [-0.2, 0) is 13.2 Å². The molecule has 4 heteroatoms. The third kappa shape index (κ3) is 3.31. The van der Waals surface area contributed by atoms with E-state index < -0.39 is 0 Å². The lowest BCUT2D eigenvalue weighted by molar-refractivity contribution is 0.303. The number of hydrogen-bond acceptors (Lipinski definition) is 4. The Kier molecular flexibility index (Phi) is 4.73. The van der Waals surface area contributed by atoms with Gasteiger partial charge in [0.05, 0.1) is 10.4 Å². The Morgan fingerprint density at radius 1 is 1.39 bits per heavy atom. The van der Waals surface area contributed by atoms with Crippen LogP contribution in [0.5, 0.6) is 5.75 Å². The molecular weight excluding hydrogens is 244 g/mol. The summed E-state index contributed by atoms with van der Waals surface area (Å²) in [5.41, 5.74) is 4.21. The van der Waals surface area contributed by atoms with Crippen LogP contribution in [0.4, 0.5) is 0 Å². The van der Waals surface area contributed by atoms with Gasteiger partial charge in [0, 0.05) is 18.3 Å². The average Bonchev–Trinajstić information content (AvgIpc) is 2.88. The molecule has 0 spiro atoms. The first-order valence-corrected chi connectivity index (χ1v) is 6.98. The van der Waals surface area contributed by atoms with Crippen molar-refractivity contribution in [1.82, 2.24) is 10.3 Å². The lowest BCUT2D eigenvalue weighted by Gasteiger charge is -2.13. The van der Waals surface area contributed by atoms with Crippen LogP contribution in [0.25, 0.3) is 0 Å². The van der Waals surface area contributed by atoms with Crippen molar-refractivity contribution in [1.29, 1.82) is 0 Å². The summed E-state index contributed by atoms with van der Waals surface area (Å²) >= 11 is 1.62. The van der Waals surface area contributed by atoms with Crippen LogP contribution in [0.2, 0.25) is 0 Å². The molecule has 0 bridgehead atoms. The molecule has 0 aliphatic carbocycles. The number of rotatable bonds is 6. The van der Waals surface area contributed by atoms with Crippen molar-refractivity contribution in [3.8, 4) is 5.75 Å². The third-order valence-corrected chi connectivity index (χ3v) is 3.45. The van der Waals surface area contributed by atoms with E-state index in [0.717, 1.165) is 23.7 Å². The SMILES string of the molecule is CCNCc1cccc(C)c1OCc1cncs1. The van der Waals surface area contributed by atoms with Gasteiger partial charge < -0.3 is 10.1 Å². The molecule has 0 aliphatic heterocycles. The highest BCUT2D eigenvalue weighted by molar-refractivity contribution is 7.09. The molecule has 0 amide bonds. The van der Waals surface area contributed by atoms with Gasteiger partial charge in [0.25, 0.3) is 0 Å². The maximum Gasteiger partial charge on any atom is 0.127 e. The van der Waals surface area contributed by atoms with E-state index in [1.807, 2.05) is 11.7 Å². The smallest absolute Gasteiger partial charge is 0.127 e. The first kappa shape index (κ1) is 13.1. The first-order valence-electron chi connectivity index (χ1n) is 6.10. The highest BCUT2D eigenvalue weighted by atomic mass is 32.1. The van der Waals surface area contributed by atoms with Crippen molar-refractivity contribution in [2.24, 2.45) is 0 Å². The molecule has 1 heterocycles. The van der Waals surface area contributed by atoms with Gasteiger partial charge in [-0.05, 0) is 19.0 Å². The fourth-order valence-electron chi connectivity index (χ4n) is 1.78. The van der Waals surface area contributed by atoms with Crippen LogP contribution in [0, 0.1) is 6.92 Å². The normalized spacial score (nSPS) is 10.6. The van der Waals surface area contributed by atoms with Crippen molar-refractivity contribution in [3.63, 3.8) is 0 Å². The summed E-state index contributed by atoms with van der Waals surface area (Å²) in [6.07, 6.45) is 1.85. The molecule has 0 unspecified atom stereocenters. The van der Waals surface area contributed by atoms with E-state index in [0.29, 0.717) is 6.61 Å². The zero-order chi connectivity index (χ0) is 12.8. The van der Waals surface area contributed by atoms with Crippen LogP contribution in [0.1, 0.15) is 22.9 Å². The number of aryl methyl sites for hydroxylation is 1. The van der Waals surface area contributed by atoms with Crippen molar-refractivity contribution >= 4 is 11.3 Å². The molecule has 1 N–H and O–H groups in total.